The minimum atomic E-state index is 0. The third kappa shape index (κ3) is 4.13. The first-order chi connectivity index (χ1) is 6.25. The van der Waals surface area contributed by atoms with Gasteiger partial charge in [-0.05, 0) is 47.1 Å². The van der Waals surface area contributed by atoms with Gasteiger partial charge in [-0.25, -0.2) is 0 Å². The van der Waals surface area contributed by atoms with E-state index < -0.39 is 0 Å². The highest BCUT2D eigenvalue weighted by atomic mass is 127. The average Bonchev–Trinajstić information content (AvgIpc) is 2.15. The van der Waals surface area contributed by atoms with Crippen molar-refractivity contribution in [2.75, 3.05) is 6.61 Å². The fourth-order valence-electron chi connectivity index (χ4n) is 1.24. The molecule has 0 heterocycles. The van der Waals surface area contributed by atoms with Gasteiger partial charge in [0.2, 0.25) is 0 Å². The normalized spacial score (nSPS) is 11.9. The molecule has 0 aliphatic rings. The molecule has 1 aromatic rings. The van der Waals surface area contributed by atoms with Crippen molar-refractivity contribution in [3.8, 4) is 0 Å². The standard InChI is InChI=1S/C10H14INO.ClH/c11-9-5-2-1-4-8(9)10(12)6-3-7-13;/h1-2,4-5,10,13H,3,6-7,12H2;1H/t10-;/m1./s1. The minimum Gasteiger partial charge on any atom is -0.396 e. The van der Waals surface area contributed by atoms with Gasteiger partial charge in [0.1, 0.15) is 0 Å². The fraction of sp³-hybridized carbons (Fsp3) is 0.400. The van der Waals surface area contributed by atoms with Crippen molar-refractivity contribution >= 4 is 35.0 Å². The smallest absolute Gasteiger partial charge is 0.0431 e. The zero-order valence-electron chi connectivity index (χ0n) is 7.82. The number of aliphatic hydroxyl groups excluding tert-OH is 1. The van der Waals surface area contributed by atoms with Crippen LogP contribution < -0.4 is 5.73 Å². The van der Waals surface area contributed by atoms with E-state index in [1.807, 2.05) is 18.2 Å². The van der Waals surface area contributed by atoms with Crippen LogP contribution in [0.25, 0.3) is 0 Å². The van der Waals surface area contributed by atoms with Crippen molar-refractivity contribution in [1.82, 2.24) is 0 Å². The SMILES string of the molecule is Cl.N[C@H](CCCO)c1ccccc1I. The molecule has 80 valence electrons. The van der Waals surface area contributed by atoms with Crippen molar-refractivity contribution in [1.29, 1.82) is 0 Å². The van der Waals surface area contributed by atoms with Gasteiger partial charge in [-0.3, -0.25) is 0 Å². The lowest BCUT2D eigenvalue weighted by molar-refractivity contribution is 0.280. The molecule has 2 nitrogen and oxygen atoms in total. The number of hydrogen-bond donors (Lipinski definition) is 2. The molecule has 3 N–H and O–H groups in total. The molecule has 1 aromatic carbocycles. The third-order valence-electron chi connectivity index (χ3n) is 1.98. The Balaban J connectivity index is 0.00000169. The zero-order valence-corrected chi connectivity index (χ0v) is 10.8. The number of aliphatic hydroxyl groups is 1. The van der Waals surface area contributed by atoms with Crippen molar-refractivity contribution in [3.63, 3.8) is 0 Å². The largest absolute Gasteiger partial charge is 0.396 e. The Labute approximate surface area is 104 Å². The van der Waals surface area contributed by atoms with Crippen molar-refractivity contribution in [2.24, 2.45) is 5.73 Å². The van der Waals surface area contributed by atoms with Gasteiger partial charge in [0, 0.05) is 16.2 Å². The second-order valence-corrected chi connectivity index (χ2v) is 4.16. The molecule has 0 saturated heterocycles. The lowest BCUT2D eigenvalue weighted by Crippen LogP contribution is -2.12. The van der Waals surface area contributed by atoms with Gasteiger partial charge in [-0.1, -0.05) is 18.2 Å². The summed E-state index contributed by atoms with van der Waals surface area (Å²) in [6.07, 6.45) is 1.61. The summed E-state index contributed by atoms with van der Waals surface area (Å²) in [5.74, 6) is 0. The highest BCUT2D eigenvalue weighted by molar-refractivity contribution is 14.1. The second kappa shape index (κ2) is 7.45. The van der Waals surface area contributed by atoms with Crippen LogP contribution in [0.15, 0.2) is 24.3 Å². The van der Waals surface area contributed by atoms with Crippen LogP contribution in [0.3, 0.4) is 0 Å². The number of halogens is 2. The zero-order chi connectivity index (χ0) is 9.68. The molecule has 1 atom stereocenters. The summed E-state index contributed by atoms with van der Waals surface area (Å²) in [7, 11) is 0. The maximum absolute atomic E-state index is 8.67. The minimum absolute atomic E-state index is 0. The second-order valence-electron chi connectivity index (χ2n) is 2.99. The van der Waals surface area contributed by atoms with Gasteiger partial charge < -0.3 is 10.8 Å². The van der Waals surface area contributed by atoms with E-state index >= 15 is 0 Å². The number of nitrogens with two attached hydrogens (primary N) is 1. The summed E-state index contributed by atoms with van der Waals surface area (Å²) in [6, 6.07) is 8.15. The monoisotopic (exact) mass is 327 g/mol. The molecule has 0 aliphatic heterocycles. The summed E-state index contributed by atoms with van der Waals surface area (Å²) in [4.78, 5) is 0. The molecular formula is C10H15ClINO. The van der Waals surface area contributed by atoms with Gasteiger partial charge in [0.25, 0.3) is 0 Å². The van der Waals surface area contributed by atoms with Crippen LogP contribution in [-0.2, 0) is 0 Å². The summed E-state index contributed by atoms with van der Waals surface area (Å²) in [5.41, 5.74) is 7.14. The molecule has 14 heavy (non-hydrogen) atoms. The third-order valence-corrected chi connectivity index (χ3v) is 2.96. The first-order valence-electron chi connectivity index (χ1n) is 4.36. The highest BCUT2D eigenvalue weighted by Crippen LogP contribution is 2.21. The summed E-state index contributed by atoms with van der Waals surface area (Å²) < 4.78 is 1.20. The van der Waals surface area contributed by atoms with E-state index in [1.165, 1.54) is 9.13 Å². The predicted molar refractivity (Wildman–Crippen MR) is 69.7 cm³/mol. The molecule has 0 bridgehead atoms. The Bertz CT molecular complexity index is 270. The van der Waals surface area contributed by atoms with Crippen LogP contribution in [0.5, 0.6) is 0 Å². The highest BCUT2D eigenvalue weighted by Gasteiger charge is 2.07. The van der Waals surface area contributed by atoms with Gasteiger partial charge in [0.15, 0.2) is 0 Å². The fourth-order valence-corrected chi connectivity index (χ4v) is 2.03. The lowest BCUT2D eigenvalue weighted by atomic mass is 10.0. The molecule has 4 heteroatoms. The van der Waals surface area contributed by atoms with Gasteiger partial charge in [0.05, 0.1) is 0 Å². The molecule has 0 radical (unpaired) electrons. The summed E-state index contributed by atoms with van der Waals surface area (Å²) >= 11 is 2.28. The van der Waals surface area contributed by atoms with Crippen molar-refractivity contribution in [3.05, 3.63) is 33.4 Å². The van der Waals surface area contributed by atoms with Gasteiger partial charge in [-0.2, -0.15) is 0 Å². The van der Waals surface area contributed by atoms with E-state index in [2.05, 4.69) is 28.7 Å². The number of rotatable bonds is 4. The van der Waals surface area contributed by atoms with Crippen LogP contribution in [-0.4, -0.2) is 11.7 Å². The van der Waals surface area contributed by atoms with E-state index in [9.17, 15) is 0 Å². The molecule has 0 unspecified atom stereocenters. The van der Waals surface area contributed by atoms with Crippen molar-refractivity contribution < 1.29 is 5.11 Å². The number of benzene rings is 1. The van der Waals surface area contributed by atoms with E-state index in [1.54, 1.807) is 0 Å². The van der Waals surface area contributed by atoms with Crippen LogP contribution in [0.2, 0.25) is 0 Å². The molecule has 0 spiro atoms. The lowest BCUT2D eigenvalue weighted by Gasteiger charge is -2.12. The topological polar surface area (TPSA) is 46.2 Å². The molecule has 1 rings (SSSR count). The van der Waals surface area contributed by atoms with Crippen molar-refractivity contribution in [2.45, 2.75) is 18.9 Å². The first kappa shape index (κ1) is 14.2. The maximum atomic E-state index is 8.67. The Morgan fingerprint density at radius 3 is 2.57 bits per heavy atom. The van der Waals surface area contributed by atoms with Crippen LogP contribution in [0, 0.1) is 3.57 Å². The summed E-state index contributed by atoms with van der Waals surface area (Å²) in [6.45, 7) is 0.219. The van der Waals surface area contributed by atoms with Crippen LogP contribution in [0.1, 0.15) is 24.4 Å². The Morgan fingerprint density at radius 1 is 1.36 bits per heavy atom. The molecule has 0 amide bonds. The van der Waals surface area contributed by atoms with Gasteiger partial charge >= 0.3 is 0 Å². The molecule has 0 fully saturated rings. The Kier molecular flexibility index (Phi) is 7.54. The Morgan fingerprint density at radius 2 is 2.00 bits per heavy atom. The number of hydrogen-bond acceptors (Lipinski definition) is 2. The quantitative estimate of drug-likeness (QED) is 0.835. The van der Waals surface area contributed by atoms with Crippen LogP contribution in [0.4, 0.5) is 0 Å². The summed E-state index contributed by atoms with van der Waals surface area (Å²) in [5, 5.41) is 8.67. The van der Waals surface area contributed by atoms with Gasteiger partial charge in [-0.15, -0.1) is 12.4 Å². The Hall–Kier alpha value is 0.160. The average molecular weight is 328 g/mol. The predicted octanol–water partition coefficient (Wildman–Crippen LogP) is 2.49. The molecule has 0 aliphatic carbocycles. The van der Waals surface area contributed by atoms with E-state index in [0.29, 0.717) is 0 Å². The molecule has 0 saturated carbocycles. The van der Waals surface area contributed by atoms with Crippen LogP contribution >= 0.6 is 35.0 Å². The molecule has 0 aromatic heterocycles. The first-order valence-corrected chi connectivity index (χ1v) is 5.44. The van der Waals surface area contributed by atoms with E-state index in [4.69, 9.17) is 10.8 Å². The van der Waals surface area contributed by atoms with E-state index in [0.717, 1.165) is 12.8 Å². The molecular weight excluding hydrogens is 312 g/mol. The maximum Gasteiger partial charge on any atom is 0.0431 e. The van der Waals surface area contributed by atoms with E-state index in [-0.39, 0.29) is 25.1 Å².